The van der Waals surface area contributed by atoms with E-state index >= 15 is 0 Å². The fourth-order valence-electron chi connectivity index (χ4n) is 2.68. The van der Waals surface area contributed by atoms with Crippen molar-refractivity contribution < 1.29 is 14.7 Å². The van der Waals surface area contributed by atoms with Crippen LogP contribution in [-0.4, -0.2) is 23.5 Å². The summed E-state index contributed by atoms with van der Waals surface area (Å²) in [5, 5.41) is 11.9. The summed E-state index contributed by atoms with van der Waals surface area (Å²) in [7, 11) is 0. The van der Waals surface area contributed by atoms with Crippen molar-refractivity contribution >= 4 is 23.2 Å². The summed E-state index contributed by atoms with van der Waals surface area (Å²) in [6.45, 7) is 3.91. The van der Waals surface area contributed by atoms with Crippen LogP contribution in [0.2, 0.25) is 0 Å². The van der Waals surface area contributed by atoms with E-state index < -0.39 is 11.9 Å². The molecule has 5 heteroatoms. The van der Waals surface area contributed by atoms with Crippen LogP contribution >= 0.6 is 11.3 Å². The van der Waals surface area contributed by atoms with Gasteiger partial charge in [-0.25, -0.2) is 0 Å². The van der Waals surface area contributed by atoms with Gasteiger partial charge in [0, 0.05) is 11.4 Å². The lowest BCUT2D eigenvalue weighted by Crippen LogP contribution is -2.35. The topological polar surface area (TPSA) is 66.4 Å². The highest BCUT2D eigenvalue weighted by Gasteiger charge is 2.23. The van der Waals surface area contributed by atoms with Gasteiger partial charge in [0.25, 0.3) is 5.91 Å². The molecule has 0 aliphatic heterocycles. The Morgan fingerprint density at radius 2 is 2.00 bits per heavy atom. The normalized spacial score (nSPS) is 16.1. The van der Waals surface area contributed by atoms with Crippen LogP contribution in [0.25, 0.3) is 0 Å². The molecule has 1 heterocycles. The average Bonchev–Trinajstić information content (AvgIpc) is 2.69. The molecule has 0 bridgehead atoms. The number of carbonyl (C=O) groups is 2. The second-order valence-electron chi connectivity index (χ2n) is 6.02. The van der Waals surface area contributed by atoms with E-state index in [0.29, 0.717) is 0 Å². The minimum atomic E-state index is -0.854. The molecule has 2 rings (SSSR count). The van der Waals surface area contributed by atoms with Crippen LogP contribution in [0.3, 0.4) is 0 Å². The number of hydrogen-bond acceptors (Lipinski definition) is 3. The van der Waals surface area contributed by atoms with E-state index in [1.165, 1.54) is 29.7 Å². The van der Waals surface area contributed by atoms with Crippen molar-refractivity contribution in [2.24, 2.45) is 11.8 Å². The van der Waals surface area contributed by atoms with Gasteiger partial charge in [-0.2, -0.15) is 0 Å². The molecule has 1 amide bonds. The molecular weight excluding hydrogens is 286 g/mol. The van der Waals surface area contributed by atoms with Crippen molar-refractivity contribution in [1.29, 1.82) is 0 Å². The molecule has 1 aromatic rings. The summed E-state index contributed by atoms with van der Waals surface area (Å²) < 4.78 is 0. The number of carbonyl (C=O) groups excluding carboxylic acids is 1. The van der Waals surface area contributed by atoms with E-state index in [1.54, 1.807) is 11.3 Å². The van der Waals surface area contributed by atoms with Gasteiger partial charge in [-0.1, -0.05) is 20.3 Å². The number of carboxylic acids is 1. The maximum absolute atomic E-state index is 12.2. The van der Waals surface area contributed by atoms with Crippen LogP contribution in [0, 0.1) is 11.8 Å². The highest BCUT2D eigenvalue weighted by molar-refractivity contribution is 7.14. The Balaban J connectivity index is 1.99. The molecule has 116 valence electrons. The number of thiophene rings is 1. The first-order valence-electron chi connectivity index (χ1n) is 7.61. The first kappa shape index (κ1) is 16.0. The molecule has 0 fully saturated rings. The molecule has 0 saturated carbocycles. The highest BCUT2D eigenvalue weighted by atomic mass is 32.1. The Hall–Kier alpha value is -1.36. The Morgan fingerprint density at radius 3 is 2.67 bits per heavy atom. The Bertz CT molecular complexity index is 498. The summed E-state index contributed by atoms with van der Waals surface area (Å²) in [5.41, 5.74) is 1.31. The number of nitrogens with one attached hydrogen (secondary N) is 1. The largest absolute Gasteiger partial charge is 0.481 e. The SMILES string of the molecule is CC(C)C(CNC(=O)c1cc2c(s1)CCCCC2)C(=O)O. The summed E-state index contributed by atoms with van der Waals surface area (Å²) in [4.78, 5) is 25.4. The highest BCUT2D eigenvalue weighted by Crippen LogP contribution is 2.29. The number of aliphatic carboxylic acids is 1. The average molecular weight is 309 g/mol. The van der Waals surface area contributed by atoms with Gasteiger partial charge in [-0.15, -0.1) is 11.3 Å². The van der Waals surface area contributed by atoms with Crippen LogP contribution in [0.15, 0.2) is 6.07 Å². The third-order valence-corrected chi connectivity index (χ3v) is 5.31. The minimum Gasteiger partial charge on any atom is -0.481 e. The van der Waals surface area contributed by atoms with E-state index in [9.17, 15) is 9.59 Å². The van der Waals surface area contributed by atoms with Crippen LogP contribution in [0.5, 0.6) is 0 Å². The van der Waals surface area contributed by atoms with Crippen molar-refractivity contribution in [2.45, 2.75) is 46.0 Å². The maximum atomic E-state index is 12.2. The lowest BCUT2D eigenvalue weighted by molar-refractivity contribution is -0.142. The second kappa shape index (κ2) is 7.07. The van der Waals surface area contributed by atoms with E-state index in [-0.39, 0.29) is 18.4 Å². The van der Waals surface area contributed by atoms with Crippen molar-refractivity contribution in [3.05, 3.63) is 21.4 Å². The van der Waals surface area contributed by atoms with E-state index in [1.807, 2.05) is 19.9 Å². The van der Waals surface area contributed by atoms with Crippen molar-refractivity contribution in [3.63, 3.8) is 0 Å². The molecular formula is C16H23NO3S. The molecule has 21 heavy (non-hydrogen) atoms. The lowest BCUT2D eigenvalue weighted by atomic mass is 9.96. The molecule has 2 N–H and O–H groups in total. The van der Waals surface area contributed by atoms with E-state index in [4.69, 9.17) is 5.11 Å². The molecule has 0 spiro atoms. The molecule has 1 unspecified atom stereocenters. The summed E-state index contributed by atoms with van der Waals surface area (Å²) in [6, 6.07) is 1.99. The molecule has 0 saturated heterocycles. The smallest absolute Gasteiger partial charge is 0.308 e. The maximum Gasteiger partial charge on any atom is 0.308 e. The monoisotopic (exact) mass is 309 g/mol. The zero-order valence-electron chi connectivity index (χ0n) is 12.6. The van der Waals surface area contributed by atoms with Gasteiger partial charge in [0.05, 0.1) is 10.8 Å². The Kier molecular flexibility index (Phi) is 5.39. The van der Waals surface area contributed by atoms with Crippen LogP contribution in [0.1, 0.15) is 53.2 Å². The van der Waals surface area contributed by atoms with Crippen LogP contribution in [0.4, 0.5) is 0 Å². The number of fused-ring (bicyclic) bond motifs is 1. The molecule has 1 aromatic heterocycles. The number of hydrogen-bond donors (Lipinski definition) is 2. The first-order valence-corrected chi connectivity index (χ1v) is 8.43. The van der Waals surface area contributed by atoms with Crippen LogP contribution < -0.4 is 5.32 Å². The molecule has 1 atom stereocenters. The van der Waals surface area contributed by atoms with E-state index in [0.717, 1.165) is 17.7 Å². The Morgan fingerprint density at radius 1 is 1.29 bits per heavy atom. The van der Waals surface area contributed by atoms with Crippen molar-refractivity contribution in [2.75, 3.05) is 6.54 Å². The van der Waals surface area contributed by atoms with Crippen molar-refractivity contribution in [3.8, 4) is 0 Å². The first-order chi connectivity index (χ1) is 9.99. The summed E-state index contributed by atoms with van der Waals surface area (Å²) in [5.74, 6) is -1.53. The van der Waals surface area contributed by atoms with Gasteiger partial charge in [0.2, 0.25) is 0 Å². The zero-order valence-corrected chi connectivity index (χ0v) is 13.5. The standard InChI is InChI=1S/C16H23NO3S/c1-10(2)12(16(19)20)9-17-15(18)14-8-11-6-4-3-5-7-13(11)21-14/h8,10,12H,3-7,9H2,1-2H3,(H,17,18)(H,19,20). The summed E-state index contributed by atoms with van der Waals surface area (Å²) >= 11 is 1.57. The third kappa shape index (κ3) is 4.06. The van der Waals surface area contributed by atoms with E-state index in [2.05, 4.69) is 5.32 Å². The number of rotatable bonds is 5. The predicted molar refractivity (Wildman–Crippen MR) is 83.9 cm³/mol. The van der Waals surface area contributed by atoms with Crippen molar-refractivity contribution in [1.82, 2.24) is 5.32 Å². The Labute approximate surface area is 129 Å². The summed E-state index contributed by atoms with van der Waals surface area (Å²) in [6.07, 6.45) is 5.78. The van der Waals surface area contributed by atoms with Crippen LogP contribution in [-0.2, 0) is 17.6 Å². The number of aryl methyl sites for hydroxylation is 2. The number of carboxylic acid groups (broad SMARTS) is 1. The van der Waals surface area contributed by atoms with Gasteiger partial charge < -0.3 is 10.4 Å². The van der Waals surface area contributed by atoms with Gasteiger partial charge >= 0.3 is 5.97 Å². The minimum absolute atomic E-state index is 0.00264. The molecule has 1 aliphatic rings. The fraction of sp³-hybridized carbons (Fsp3) is 0.625. The quantitative estimate of drug-likeness (QED) is 0.821. The van der Waals surface area contributed by atoms with Gasteiger partial charge in [-0.3, -0.25) is 9.59 Å². The molecule has 0 aromatic carbocycles. The van der Waals surface area contributed by atoms with Gasteiger partial charge in [0.15, 0.2) is 0 Å². The van der Waals surface area contributed by atoms with Gasteiger partial charge in [0.1, 0.15) is 0 Å². The second-order valence-corrected chi connectivity index (χ2v) is 7.16. The van der Waals surface area contributed by atoms with Gasteiger partial charge in [-0.05, 0) is 43.2 Å². The lowest BCUT2D eigenvalue weighted by Gasteiger charge is -2.16. The fourth-order valence-corrected chi connectivity index (χ4v) is 3.85. The predicted octanol–water partition coefficient (Wildman–Crippen LogP) is 3.10. The zero-order chi connectivity index (χ0) is 15.4. The molecule has 0 radical (unpaired) electrons. The molecule has 1 aliphatic carbocycles. The number of amides is 1. The molecule has 4 nitrogen and oxygen atoms in total. The third-order valence-electron chi connectivity index (χ3n) is 4.07.